The van der Waals surface area contributed by atoms with Crippen molar-refractivity contribution in [2.75, 3.05) is 0 Å². The van der Waals surface area contributed by atoms with E-state index in [0.717, 1.165) is 16.3 Å². The maximum Gasteiger partial charge on any atom is 0.303 e. The standard InChI is InChI=1S/C16H18ClNO2S/c17-16-13(8-9-21-16)11-18-14(6-7-15(19)20)10-12-4-2-1-3-5-12/h1-5,8-9,14,18H,6-7,10-11H2,(H,19,20). The molecular formula is C16H18ClNO2S. The largest absolute Gasteiger partial charge is 0.481 e. The van der Waals surface area contributed by atoms with Crippen LogP contribution < -0.4 is 5.32 Å². The molecule has 0 spiro atoms. The lowest BCUT2D eigenvalue weighted by Gasteiger charge is -2.18. The number of aliphatic carboxylic acids is 1. The molecule has 0 amide bonds. The van der Waals surface area contributed by atoms with Crippen LogP contribution in [0, 0.1) is 0 Å². The average Bonchev–Trinajstić information content (AvgIpc) is 2.88. The van der Waals surface area contributed by atoms with Gasteiger partial charge in [0.1, 0.15) is 0 Å². The minimum Gasteiger partial charge on any atom is -0.481 e. The van der Waals surface area contributed by atoms with Crippen molar-refractivity contribution < 1.29 is 9.90 Å². The highest BCUT2D eigenvalue weighted by Gasteiger charge is 2.12. The van der Waals surface area contributed by atoms with Gasteiger partial charge in [-0.2, -0.15) is 0 Å². The Morgan fingerprint density at radius 3 is 2.67 bits per heavy atom. The number of carboxylic acid groups (broad SMARTS) is 1. The highest BCUT2D eigenvalue weighted by molar-refractivity contribution is 7.14. The van der Waals surface area contributed by atoms with Crippen LogP contribution in [0.25, 0.3) is 0 Å². The Labute approximate surface area is 133 Å². The van der Waals surface area contributed by atoms with E-state index in [4.69, 9.17) is 16.7 Å². The smallest absolute Gasteiger partial charge is 0.303 e. The van der Waals surface area contributed by atoms with Gasteiger partial charge in [0.05, 0.1) is 4.34 Å². The zero-order chi connectivity index (χ0) is 15.1. The van der Waals surface area contributed by atoms with Crippen molar-refractivity contribution in [1.82, 2.24) is 5.32 Å². The molecule has 0 aliphatic heterocycles. The monoisotopic (exact) mass is 323 g/mol. The van der Waals surface area contributed by atoms with E-state index in [2.05, 4.69) is 17.4 Å². The fourth-order valence-electron chi connectivity index (χ4n) is 2.17. The van der Waals surface area contributed by atoms with Gasteiger partial charge in [-0.05, 0) is 35.4 Å². The third kappa shape index (κ3) is 5.50. The summed E-state index contributed by atoms with van der Waals surface area (Å²) in [5.41, 5.74) is 2.27. The van der Waals surface area contributed by atoms with Gasteiger partial charge in [0.25, 0.3) is 0 Å². The molecule has 5 heteroatoms. The summed E-state index contributed by atoms with van der Waals surface area (Å²) in [6.45, 7) is 0.666. The summed E-state index contributed by atoms with van der Waals surface area (Å²) < 4.78 is 0.791. The average molecular weight is 324 g/mol. The third-order valence-electron chi connectivity index (χ3n) is 3.31. The predicted molar refractivity (Wildman–Crippen MR) is 87.0 cm³/mol. The number of nitrogens with one attached hydrogen (secondary N) is 1. The molecule has 1 unspecified atom stereocenters. The number of benzene rings is 1. The third-order valence-corrected chi connectivity index (χ3v) is 4.56. The highest BCUT2D eigenvalue weighted by Crippen LogP contribution is 2.22. The highest BCUT2D eigenvalue weighted by atomic mass is 35.5. The fourth-order valence-corrected chi connectivity index (χ4v) is 3.10. The lowest BCUT2D eigenvalue weighted by molar-refractivity contribution is -0.137. The first-order chi connectivity index (χ1) is 10.1. The number of hydrogen-bond donors (Lipinski definition) is 2. The van der Waals surface area contributed by atoms with Crippen LogP contribution in [-0.2, 0) is 17.8 Å². The Hall–Kier alpha value is -1.36. The number of carboxylic acids is 1. The van der Waals surface area contributed by atoms with Gasteiger partial charge in [0.2, 0.25) is 0 Å². The van der Waals surface area contributed by atoms with Crippen LogP contribution in [0.15, 0.2) is 41.8 Å². The molecular weight excluding hydrogens is 306 g/mol. The van der Waals surface area contributed by atoms with Crippen molar-refractivity contribution in [3.63, 3.8) is 0 Å². The summed E-state index contributed by atoms with van der Waals surface area (Å²) in [5, 5.41) is 14.3. The molecule has 2 rings (SSSR count). The first-order valence-corrected chi connectivity index (χ1v) is 8.12. The van der Waals surface area contributed by atoms with Crippen molar-refractivity contribution in [3.8, 4) is 0 Å². The molecule has 0 saturated carbocycles. The Morgan fingerprint density at radius 2 is 2.05 bits per heavy atom. The molecule has 0 aliphatic carbocycles. The van der Waals surface area contributed by atoms with Crippen LogP contribution >= 0.6 is 22.9 Å². The van der Waals surface area contributed by atoms with Gasteiger partial charge in [-0.3, -0.25) is 4.79 Å². The lowest BCUT2D eigenvalue weighted by Crippen LogP contribution is -2.31. The molecule has 0 radical (unpaired) electrons. The van der Waals surface area contributed by atoms with E-state index in [9.17, 15) is 4.79 Å². The summed E-state index contributed by atoms with van der Waals surface area (Å²) in [7, 11) is 0. The summed E-state index contributed by atoms with van der Waals surface area (Å²) in [5.74, 6) is -0.761. The topological polar surface area (TPSA) is 49.3 Å². The molecule has 0 saturated heterocycles. The molecule has 1 aromatic heterocycles. The van der Waals surface area contributed by atoms with Crippen molar-refractivity contribution in [1.29, 1.82) is 0 Å². The molecule has 3 nitrogen and oxygen atoms in total. The zero-order valence-corrected chi connectivity index (χ0v) is 13.2. The maximum atomic E-state index is 10.8. The van der Waals surface area contributed by atoms with Gasteiger partial charge in [-0.1, -0.05) is 41.9 Å². The van der Waals surface area contributed by atoms with Crippen LogP contribution in [0.1, 0.15) is 24.0 Å². The van der Waals surface area contributed by atoms with Gasteiger partial charge < -0.3 is 10.4 Å². The maximum absolute atomic E-state index is 10.8. The molecule has 0 fully saturated rings. The van der Waals surface area contributed by atoms with Crippen LogP contribution in [-0.4, -0.2) is 17.1 Å². The Balaban J connectivity index is 1.94. The number of rotatable bonds is 8. The molecule has 2 aromatic rings. The van der Waals surface area contributed by atoms with Crippen molar-refractivity contribution in [2.45, 2.75) is 31.8 Å². The van der Waals surface area contributed by atoms with Crippen LogP contribution in [0.5, 0.6) is 0 Å². The minimum absolute atomic E-state index is 0.125. The second kappa shape index (κ2) is 8.17. The van der Waals surface area contributed by atoms with Gasteiger partial charge in [-0.15, -0.1) is 11.3 Å². The van der Waals surface area contributed by atoms with E-state index in [0.29, 0.717) is 13.0 Å². The van der Waals surface area contributed by atoms with Gasteiger partial charge in [0.15, 0.2) is 0 Å². The Kier molecular flexibility index (Phi) is 6.23. The Morgan fingerprint density at radius 1 is 1.29 bits per heavy atom. The van der Waals surface area contributed by atoms with E-state index >= 15 is 0 Å². The number of carbonyl (C=O) groups is 1. The van der Waals surface area contributed by atoms with Crippen molar-refractivity contribution in [2.24, 2.45) is 0 Å². The SMILES string of the molecule is O=C(O)CCC(Cc1ccccc1)NCc1ccsc1Cl. The number of thiophene rings is 1. The van der Waals surface area contributed by atoms with E-state index in [1.54, 1.807) is 0 Å². The van der Waals surface area contributed by atoms with Gasteiger partial charge in [-0.25, -0.2) is 0 Å². The van der Waals surface area contributed by atoms with Crippen LogP contribution in [0.2, 0.25) is 4.34 Å². The molecule has 0 bridgehead atoms. The van der Waals surface area contributed by atoms with Crippen LogP contribution in [0.4, 0.5) is 0 Å². The molecule has 2 N–H and O–H groups in total. The first kappa shape index (κ1) is 16.0. The lowest BCUT2D eigenvalue weighted by atomic mass is 10.0. The molecule has 21 heavy (non-hydrogen) atoms. The summed E-state index contributed by atoms with van der Waals surface area (Å²) in [6, 6.07) is 12.2. The van der Waals surface area contributed by atoms with E-state index in [-0.39, 0.29) is 12.5 Å². The van der Waals surface area contributed by atoms with Crippen molar-refractivity contribution in [3.05, 3.63) is 57.2 Å². The van der Waals surface area contributed by atoms with E-state index < -0.39 is 5.97 Å². The number of hydrogen-bond acceptors (Lipinski definition) is 3. The number of halogens is 1. The second-order valence-corrected chi connectivity index (χ2v) is 6.44. The minimum atomic E-state index is -0.761. The molecule has 0 aliphatic rings. The summed E-state index contributed by atoms with van der Waals surface area (Å²) >= 11 is 7.60. The van der Waals surface area contributed by atoms with Crippen LogP contribution in [0.3, 0.4) is 0 Å². The quantitative estimate of drug-likeness (QED) is 0.773. The summed E-state index contributed by atoms with van der Waals surface area (Å²) in [4.78, 5) is 10.8. The fraction of sp³-hybridized carbons (Fsp3) is 0.312. The normalized spacial score (nSPS) is 12.2. The predicted octanol–water partition coefficient (Wildman–Crippen LogP) is 3.97. The van der Waals surface area contributed by atoms with Gasteiger partial charge >= 0.3 is 5.97 Å². The first-order valence-electron chi connectivity index (χ1n) is 6.86. The molecule has 1 heterocycles. The van der Waals surface area contributed by atoms with Gasteiger partial charge in [0, 0.05) is 19.0 Å². The molecule has 1 atom stereocenters. The second-order valence-electron chi connectivity index (χ2n) is 4.92. The Bertz CT molecular complexity index is 571. The van der Waals surface area contributed by atoms with E-state index in [1.807, 2.05) is 29.6 Å². The molecule has 112 valence electrons. The van der Waals surface area contributed by atoms with Crippen molar-refractivity contribution >= 4 is 28.9 Å². The zero-order valence-electron chi connectivity index (χ0n) is 11.6. The molecule has 1 aromatic carbocycles. The van der Waals surface area contributed by atoms with E-state index in [1.165, 1.54) is 16.9 Å². The summed E-state index contributed by atoms with van der Waals surface area (Å²) in [6.07, 6.45) is 1.59.